The second-order valence-electron chi connectivity index (χ2n) is 8.25. The van der Waals surface area contributed by atoms with Gasteiger partial charge in [0.2, 0.25) is 5.91 Å². The molecular formula is C23H26FN3O5. The lowest BCUT2D eigenvalue weighted by Gasteiger charge is -2.29. The summed E-state index contributed by atoms with van der Waals surface area (Å²) in [6.07, 6.45) is 0. The van der Waals surface area contributed by atoms with E-state index in [-0.39, 0.29) is 53.1 Å². The molecule has 4 rings (SSSR count). The fraction of sp³-hybridized carbons (Fsp3) is 0.391. The summed E-state index contributed by atoms with van der Waals surface area (Å²) < 4.78 is 13.8. The van der Waals surface area contributed by atoms with Gasteiger partial charge in [-0.2, -0.15) is 0 Å². The Morgan fingerprint density at radius 1 is 1.19 bits per heavy atom. The Labute approximate surface area is 184 Å². The quantitative estimate of drug-likeness (QED) is 0.691. The lowest BCUT2D eigenvalue weighted by molar-refractivity contribution is -0.130. The molecule has 0 aliphatic carbocycles. The Hall–Kier alpha value is -3.49. The van der Waals surface area contributed by atoms with Gasteiger partial charge in [-0.15, -0.1) is 0 Å². The molecule has 2 aliphatic heterocycles. The molecule has 3 heterocycles. The number of aromatic amines is 1. The van der Waals surface area contributed by atoms with E-state index in [2.05, 4.69) is 4.98 Å². The molecule has 9 heteroatoms. The van der Waals surface area contributed by atoms with Crippen LogP contribution in [-0.2, 0) is 9.59 Å². The molecule has 2 fully saturated rings. The summed E-state index contributed by atoms with van der Waals surface area (Å²) in [6.45, 7) is 6.25. The van der Waals surface area contributed by atoms with Crippen molar-refractivity contribution < 1.29 is 23.9 Å². The summed E-state index contributed by atoms with van der Waals surface area (Å²) in [5, 5.41) is 6.89. The summed E-state index contributed by atoms with van der Waals surface area (Å²) in [7, 11) is 0. The number of halogens is 1. The van der Waals surface area contributed by atoms with Crippen molar-refractivity contribution in [1.29, 1.82) is 0 Å². The number of nitrogens with one attached hydrogen (secondary N) is 1. The van der Waals surface area contributed by atoms with Gasteiger partial charge >= 0.3 is 0 Å². The van der Waals surface area contributed by atoms with Gasteiger partial charge in [0.1, 0.15) is 11.4 Å². The van der Waals surface area contributed by atoms with Crippen molar-refractivity contribution in [3.63, 3.8) is 0 Å². The first-order chi connectivity index (χ1) is 15.2. The molecule has 32 heavy (non-hydrogen) atoms. The molecule has 3 atom stereocenters. The number of likely N-dealkylation sites (tertiary alicyclic amines) is 2. The van der Waals surface area contributed by atoms with Crippen LogP contribution in [0.5, 0.6) is 0 Å². The molecule has 8 nitrogen and oxygen atoms in total. The summed E-state index contributed by atoms with van der Waals surface area (Å²) in [4.78, 5) is 52.2. The second kappa shape index (κ2) is 9.33. The van der Waals surface area contributed by atoms with Gasteiger partial charge in [0.25, 0.3) is 17.9 Å². The summed E-state index contributed by atoms with van der Waals surface area (Å²) in [5.74, 6) is -0.583. The Morgan fingerprint density at radius 2 is 1.88 bits per heavy atom. The van der Waals surface area contributed by atoms with Gasteiger partial charge in [-0.3, -0.25) is 19.2 Å². The van der Waals surface area contributed by atoms with E-state index < -0.39 is 0 Å². The second-order valence-corrected chi connectivity index (χ2v) is 8.25. The molecule has 170 valence electrons. The minimum absolute atomic E-state index is 0.00878. The number of aryl methyl sites for hydroxylation is 2. The zero-order valence-electron chi connectivity index (χ0n) is 18.2. The van der Waals surface area contributed by atoms with Crippen LogP contribution in [0.3, 0.4) is 0 Å². The molecule has 2 saturated heterocycles. The molecule has 0 bridgehead atoms. The van der Waals surface area contributed by atoms with Crippen molar-refractivity contribution >= 4 is 18.3 Å². The highest BCUT2D eigenvalue weighted by atomic mass is 19.1. The van der Waals surface area contributed by atoms with E-state index in [1.165, 1.54) is 19.1 Å². The molecule has 2 N–H and O–H groups in total. The van der Waals surface area contributed by atoms with Crippen LogP contribution in [0.25, 0.3) is 0 Å². The van der Waals surface area contributed by atoms with Crippen LogP contribution >= 0.6 is 0 Å². The molecule has 2 aliphatic rings. The summed E-state index contributed by atoms with van der Waals surface area (Å²) in [5.41, 5.74) is 1.90. The highest BCUT2D eigenvalue weighted by Gasteiger charge is 2.49. The van der Waals surface area contributed by atoms with E-state index in [1.807, 2.05) is 6.07 Å². The minimum atomic E-state index is -0.378. The third kappa shape index (κ3) is 4.42. The lowest BCUT2D eigenvalue weighted by Crippen LogP contribution is -2.38. The lowest BCUT2D eigenvalue weighted by atomic mass is 9.89. The van der Waals surface area contributed by atoms with E-state index in [1.54, 1.807) is 35.8 Å². The number of fused-ring (bicyclic) bond motifs is 1. The average molecular weight is 443 g/mol. The maximum Gasteiger partial charge on any atom is 0.290 e. The highest BCUT2D eigenvalue weighted by molar-refractivity contribution is 5.95. The minimum Gasteiger partial charge on any atom is -0.483 e. The summed E-state index contributed by atoms with van der Waals surface area (Å²) in [6, 6.07) is 7.82. The number of pyridine rings is 1. The van der Waals surface area contributed by atoms with E-state index in [0.29, 0.717) is 30.9 Å². The molecule has 1 aromatic carbocycles. The molecule has 0 saturated carbocycles. The smallest absolute Gasteiger partial charge is 0.290 e. The van der Waals surface area contributed by atoms with Crippen LogP contribution in [0.4, 0.5) is 4.39 Å². The van der Waals surface area contributed by atoms with Crippen molar-refractivity contribution in [2.45, 2.75) is 26.8 Å². The number of benzene rings is 1. The molecule has 0 unspecified atom stereocenters. The monoisotopic (exact) mass is 443 g/mol. The fourth-order valence-electron chi connectivity index (χ4n) is 4.93. The first-order valence-electron chi connectivity index (χ1n) is 10.3. The number of hydrogen-bond donors (Lipinski definition) is 2. The molecule has 2 amide bonds. The number of carbonyl (C=O) groups excluding carboxylic acids is 2. The predicted octanol–water partition coefficient (Wildman–Crippen LogP) is 2.12. The van der Waals surface area contributed by atoms with Gasteiger partial charge in [0, 0.05) is 44.1 Å². The number of H-pyrrole nitrogens is 1. The van der Waals surface area contributed by atoms with E-state index >= 15 is 0 Å². The Morgan fingerprint density at radius 3 is 2.47 bits per heavy atom. The number of carbonyl (C=O) groups is 3. The van der Waals surface area contributed by atoms with Crippen LogP contribution in [0.15, 0.2) is 35.1 Å². The molecule has 0 radical (unpaired) electrons. The van der Waals surface area contributed by atoms with Crippen LogP contribution < -0.4 is 5.56 Å². The zero-order valence-corrected chi connectivity index (χ0v) is 18.2. The SMILES string of the molecule is CC(=O)N1C[C@H]2CN(C(=O)c3c(C)cc(C)[nH]c3=O)C[C@H]2[C@@H]1c1cccc(F)c1.O=CO. The van der Waals surface area contributed by atoms with Gasteiger partial charge in [-0.25, -0.2) is 4.39 Å². The number of carboxylic acid groups (broad SMARTS) is 1. The molecular weight excluding hydrogens is 417 g/mol. The van der Waals surface area contributed by atoms with Gasteiger partial charge in [-0.1, -0.05) is 12.1 Å². The van der Waals surface area contributed by atoms with Crippen molar-refractivity contribution in [2.75, 3.05) is 19.6 Å². The van der Waals surface area contributed by atoms with Crippen LogP contribution in [0.2, 0.25) is 0 Å². The molecule has 0 spiro atoms. The zero-order chi connectivity index (χ0) is 23.6. The van der Waals surface area contributed by atoms with Crippen LogP contribution in [-0.4, -0.2) is 57.8 Å². The number of nitrogens with zero attached hydrogens (tertiary/aromatic N) is 2. The average Bonchev–Trinajstić information content (AvgIpc) is 3.25. The van der Waals surface area contributed by atoms with E-state index in [0.717, 1.165) is 5.56 Å². The largest absolute Gasteiger partial charge is 0.483 e. The van der Waals surface area contributed by atoms with Crippen molar-refractivity contribution in [3.05, 3.63) is 68.9 Å². The number of rotatable bonds is 2. The van der Waals surface area contributed by atoms with Crippen LogP contribution in [0, 0.1) is 31.5 Å². The number of hydrogen-bond acceptors (Lipinski definition) is 4. The fourth-order valence-corrected chi connectivity index (χ4v) is 4.93. The Bertz CT molecular complexity index is 1100. The van der Waals surface area contributed by atoms with Gasteiger partial charge in [0.05, 0.1) is 6.04 Å². The molecule has 1 aromatic heterocycles. The van der Waals surface area contributed by atoms with Gasteiger partial charge in [-0.05, 0) is 43.2 Å². The van der Waals surface area contributed by atoms with E-state index in [9.17, 15) is 18.8 Å². The third-order valence-electron chi connectivity index (χ3n) is 6.12. The van der Waals surface area contributed by atoms with Gasteiger partial charge in [0.15, 0.2) is 0 Å². The van der Waals surface area contributed by atoms with Crippen LogP contribution in [0.1, 0.15) is 40.1 Å². The van der Waals surface area contributed by atoms with Crippen molar-refractivity contribution in [1.82, 2.24) is 14.8 Å². The first-order valence-corrected chi connectivity index (χ1v) is 10.3. The van der Waals surface area contributed by atoms with Crippen molar-refractivity contribution in [2.24, 2.45) is 11.8 Å². The predicted molar refractivity (Wildman–Crippen MR) is 115 cm³/mol. The normalized spacial score (nSPS) is 21.6. The first kappa shape index (κ1) is 23.2. The highest BCUT2D eigenvalue weighted by Crippen LogP contribution is 2.45. The van der Waals surface area contributed by atoms with Gasteiger partial charge < -0.3 is 19.9 Å². The Kier molecular flexibility index (Phi) is 6.76. The standard InChI is InChI=1S/C22H24FN3O3.CH2O2/c1-12-7-13(2)24-21(28)19(12)22(29)25-9-16-10-26(14(3)27)20(18(16)11-25)15-5-4-6-17(23)8-15;2-1-3/h4-8,16,18,20H,9-11H2,1-3H3,(H,24,28);1H,(H,2,3)/t16-,18-,20+;/m1./s1. The Balaban J connectivity index is 0.000000913. The summed E-state index contributed by atoms with van der Waals surface area (Å²) >= 11 is 0. The maximum absolute atomic E-state index is 13.8. The number of amides is 2. The molecule has 2 aromatic rings. The van der Waals surface area contributed by atoms with Crippen molar-refractivity contribution in [3.8, 4) is 0 Å². The topological polar surface area (TPSA) is 111 Å². The third-order valence-corrected chi connectivity index (χ3v) is 6.12. The maximum atomic E-state index is 13.8. The van der Waals surface area contributed by atoms with E-state index in [4.69, 9.17) is 9.90 Å². The number of aromatic nitrogens is 1.